The van der Waals surface area contributed by atoms with Gasteiger partial charge in [0.2, 0.25) is 0 Å². The van der Waals surface area contributed by atoms with Crippen LogP contribution in [0.15, 0.2) is 18.2 Å². The van der Waals surface area contributed by atoms with Gasteiger partial charge in [-0.25, -0.2) is 4.39 Å². The summed E-state index contributed by atoms with van der Waals surface area (Å²) >= 11 is 0. The Morgan fingerprint density at radius 3 is 2.64 bits per heavy atom. The molecule has 25 heavy (non-hydrogen) atoms. The van der Waals surface area contributed by atoms with Crippen LogP contribution in [0.1, 0.15) is 55.4 Å². The smallest absolute Gasteiger partial charge is 0.252 e. The second-order valence-corrected chi connectivity index (χ2v) is 6.39. The molecule has 3 N–H and O–H groups in total. The molecule has 1 atom stereocenters. The zero-order chi connectivity index (χ0) is 18.7. The van der Waals surface area contributed by atoms with Crippen molar-refractivity contribution in [2.45, 2.75) is 47.2 Å². The normalized spacial score (nSPS) is 16.2. The predicted octanol–water partition coefficient (Wildman–Crippen LogP) is 3.42. The Labute approximate surface area is 148 Å². The van der Waals surface area contributed by atoms with Gasteiger partial charge in [-0.05, 0) is 36.6 Å². The molecule has 0 radical (unpaired) electrons. The van der Waals surface area contributed by atoms with Crippen LogP contribution in [0.5, 0.6) is 0 Å². The van der Waals surface area contributed by atoms with E-state index < -0.39 is 5.91 Å². The number of carbonyl (C=O) groups excluding carboxylic acids is 1. The van der Waals surface area contributed by atoms with E-state index in [-0.39, 0.29) is 11.9 Å². The highest BCUT2D eigenvalue weighted by atomic mass is 19.1. The van der Waals surface area contributed by atoms with Gasteiger partial charge in [0.15, 0.2) is 0 Å². The molecule has 0 fully saturated rings. The molecule has 0 bridgehead atoms. The van der Waals surface area contributed by atoms with Crippen molar-refractivity contribution >= 4 is 5.91 Å². The molecule has 0 saturated heterocycles. The van der Waals surface area contributed by atoms with Gasteiger partial charge in [-0.1, -0.05) is 27.7 Å². The Bertz CT molecular complexity index is 767. The molecular formula is C19H27FN4O. The van der Waals surface area contributed by atoms with Gasteiger partial charge in [-0.2, -0.15) is 5.10 Å². The number of halogens is 1. The first-order valence-corrected chi connectivity index (χ1v) is 8.78. The summed E-state index contributed by atoms with van der Waals surface area (Å²) in [5.74, 6) is -0.417. The lowest BCUT2D eigenvalue weighted by Gasteiger charge is -2.28. The van der Waals surface area contributed by atoms with Crippen molar-refractivity contribution in [1.82, 2.24) is 15.1 Å². The molecule has 1 amide bonds. The molecule has 1 aromatic heterocycles. The number of aryl methyl sites for hydroxylation is 1. The fourth-order valence-corrected chi connectivity index (χ4v) is 3.11. The third-order valence-corrected chi connectivity index (χ3v) is 4.42. The van der Waals surface area contributed by atoms with Crippen molar-refractivity contribution < 1.29 is 9.18 Å². The average molecular weight is 346 g/mol. The molecule has 1 aliphatic rings. The quantitative estimate of drug-likeness (QED) is 0.894. The predicted molar refractivity (Wildman–Crippen MR) is 97.8 cm³/mol. The van der Waals surface area contributed by atoms with Crippen molar-refractivity contribution in [2.75, 3.05) is 6.54 Å². The Balaban J connectivity index is 0.00000109. The molecule has 136 valence electrons. The fourth-order valence-electron chi connectivity index (χ4n) is 3.11. The maximum Gasteiger partial charge on any atom is 0.252 e. The molecule has 2 heterocycles. The molecule has 5 nitrogen and oxygen atoms in total. The van der Waals surface area contributed by atoms with Crippen molar-refractivity contribution in [3.05, 3.63) is 40.8 Å². The summed E-state index contributed by atoms with van der Waals surface area (Å²) in [6.45, 7) is 11.3. The summed E-state index contributed by atoms with van der Waals surface area (Å²) < 4.78 is 15.5. The first kappa shape index (κ1) is 19.1. The van der Waals surface area contributed by atoms with E-state index in [1.165, 1.54) is 6.07 Å². The Kier molecular flexibility index (Phi) is 5.95. The largest absolute Gasteiger partial charge is 0.365 e. The standard InChI is InChI=1S/C17H21FN4O.C2H6/c1-9(2)13-7-20-8-14-15(17(19)23)16(21-22(13)14)11-4-5-12(18)10(3)6-11;1-2/h4-6,9,13,20H,7-8H2,1-3H3,(H2,19,23);1-2H3. The van der Waals surface area contributed by atoms with Gasteiger partial charge in [0.05, 0.1) is 17.3 Å². The van der Waals surface area contributed by atoms with Gasteiger partial charge in [-0.15, -0.1) is 0 Å². The zero-order valence-corrected chi connectivity index (χ0v) is 15.6. The SMILES string of the molecule is CC.Cc1cc(-c2nn3c(c2C(N)=O)CNCC3C(C)C)ccc1F. The van der Waals surface area contributed by atoms with Crippen LogP contribution in [0.4, 0.5) is 4.39 Å². The minimum absolute atomic E-state index is 0.159. The van der Waals surface area contributed by atoms with Crippen molar-refractivity contribution in [2.24, 2.45) is 11.7 Å². The third-order valence-electron chi connectivity index (χ3n) is 4.42. The minimum Gasteiger partial charge on any atom is -0.365 e. The van der Waals surface area contributed by atoms with E-state index in [9.17, 15) is 9.18 Å². The monoisotopic (exact) mass is 346 g/mol. The van der Waals surface area contributed by atoms with Crippen LogP contribution in [0.2, 0.25) is 0 Å². The lowest BCUT2D eigenvalue weighted by Crippen LogP contribution is -2.37. The highest BCUT2D eigenvalue weighted by Crippen LogP contribution is 2.32. The highest BCUT2D eigenvalue weighted by molar-refractivity contribution is 6.00. The molecule has 6 heteroatoms. The van der Waals surface area contributed by atoms with Crippen LogP contribution < -0.4 is 11.1 Å². The van der Waals surface area contributed by atoms with Crippen molar-refractivity contribution in [3.8, 4) is 11.3 Å². The molecule has 1 aromatic carbocycles. The second-order valence-electron chi connectivity index (χ2n) is 6.39. The van der Waals surface area contributed by atoms with Crippen molar-refractivity contribution in [3.63, 3.8) is 0 Å². The Morgan fingerprint density at radius 1 is 1.40 bits per heavy atom. The van der Waals surface area contributed by atoms with Gasteiger partial charge in [0.1, 0.15) is 11.5 Å². The number of hydrogen-bond donors (Lipinski definition) is 2. The van der Waals surface area contributed by atoms with E-state index in [1.807, 2.05) is 18.5 Å². The first-order chi connectivity index (χ1) is 11.9. The lowest BCUT2D eigenvalue weighted by molar-refractivity contribution is 0.0999. The van der Waals surface area contributed by atoms with Crippen LogP contribution >= 0.6 is 0 Å². The molecule has 0 saturated carbocycles. The molecule has 2 aromatic rings. The summed E-state index contributed by atoms with van der Waals surface area (Å²) in [6.07, 6.45) is 0. The van der Waals surface area contributed by atoms with Gasteiger partial charge in [0, 0.05) is 18.7 Å². The fraction of sp³-hybridized carbons (Fsp3) is 0.474. The van der Waals surface area contributed by atoms with Gasteiger partial charge < -0.3 is 11.1 Å². The number of nitrogens with two attached hydrogens (primary N) is 1. The number of amides is 1. The highest BCUT2D eigenvalue weighted by Gasteiger charge is 2.30. The van der Waals surface area contributed by atoms with Gasteiger partial charge in [0.25, 0.3) is 5.91 Å². The summed E-state index contributed by atoms with van der Waals surface area (Å²) in [6, 6.07) is 4.90. The number of primary amides is 1. The topological polar surface area (TPSA) is 72.9 Å². The van der Waals surface area contributed by atoms with E-state index in [1.54, 1.807) is 19.1 Å². The number of nitrogens with zero attached hydrogens (tertiary/aromatic N) is 2. The number of aromatic nitrogens is 2. The van der Waals surface area contributed by atoms with E-state index in [2.05, 4.69) is 24.3 Å². The Hall–Kier alpha value is -2.21. The van der Waals surface area contributed by atoms with Gasteiger partial charge >= 0.3 is 0 Å². The Morgan fingerprint density at radius 2 is 2.08 bits per heavy atom. The molecule has 0 aliphatic carbocycles. The van der Waals surface area contributed by atoms with E-state index in [0.717, 1.165) is 12.2 Å². The maximum absolute atomic E-state index is 13.5. The number of rotatable bonds is 3. The summed E-state index contributed by atoms with van der Waals surface area (Å²) in [4.78, 5) is 12.0. The van der Waals surface area contributed by atoms with Crippen LogP contribution in [-0.4, -0.2) is 22.2 Å². The van der Waals surface area contributed by atoms with E-state index >= 15 is 0 Å². The number of nitrogens with one attached hydrogen (secondary N) is 1. The average Bonchev–Trinajstić information content (AvgIpc) is 2.98. The lowest BCUT2D eigenvalue weighted by atomic mass is 10.00. The summed E-state index contributed by atoms with van der Waals surface area (Å²) in [7, 11) is 0. The van der Waals surface area contributed by atoms with Crippen LogP contribution in [0.25, 0.3) is 11.3 Å². The van der Waals surface area contributed by atoms with E-state index in [0.29, 0.717) is 34.8 Å². The molecule has 3 rings (SSSR count). The number of carbonyl (C=O) groups is 1. The number of fused-ring (bicyclic) bond motifs is 1. The minimum atomic E-state index is -0.505. The molecule has 1 aliphatic heterocycles. The van der Waals surface area contributed by atoms with Crippen LogP contribution in [-0.2, 0) is 6.54 Å². The van der Waals surface area contributed by atoms with Crippen LogP contribution in [0.3, 0.4) is 0 Å². The number of benzene rings is 1. The second kappa shape index (κ2) is 7.78. The van der Waals surface area contributed by atoms with Crippen molar-refractivity contribution in [1.29, 1.82) is 0 Å². The first-order valence-electron chi connectivity index (χ1n) is 8.78. The van der Waals surface area contributed by atoms with E-state index in [4.69, 9.17) is 5.73 Å². The molecule has 1 unspecified atom stereocenters. The number of hydrogen-bond acceptors (Lipinski definition) is 3. The maximum atomic E-state index is 13.5. The molecule has 0 spiro atoms. The zero-order valence-electron chi connectivity index (χ0n) is 15.6. The van der Waals surface area contributed by atoms with Gasteiger partial charge in [-0.3, -0.25) is 9.48 Å². The summed E-state index contributed by atoms with van der Waals surface area (Å²) in [5.41, 5.74) is 8.60. The van der Waals surface area contributed by atoms with Crippen LogP contribution in [0, 0.1) is 18.7 Å². The summed E-state index contributed by atoms with van der Waals surface area (Å²) in [5, 5.41) is 7.99. The molecular weight excluding hydrogens is 319 g/mol. The third kappa shape index (κ3) is 3.58.